The molecule has 0 bridgehead atoms. The van der Waals surface area contributed by atoms with Crippen molar-refractivity contribution in [3.8, 4) is 0 Å². The number of carbonyl (C=O) groups is 1. The molecule has 18 heavy (non-hydrogen) atoms. The fraction of sp³-hybridized carbons (Fsp3) is 0.200. The highest BCUT2D eigenvalue weighted by Gasteiger charge is 2.07. The second kappa shape index (κ2) is 5.45. The number of pyridine rings is 1. The van der Waals surface area contributed by atoms with Gasteiger partial charge in [-0.2, -0.15) is 0 Å². The van der Waals surface area contributed by atoms with E-state index in [9.17, 15) is 4.79 Å². The quantitative estimate of drug-likeness (QED) is 0.822. The molecular formula is C15H17N2O+. The molecule has 3 heteroatoms. The van der Waals surface area contributed by atoms with Gasteiger partial charge in [0.05, 0.1) is 0 Å². The van der Waals surface area contributed by atoms with Crippen molar-refractivity contribution in [1.82, 2.24) is 0 Å². The zero-order valence-corrected chi connectivity index (χ0v) is 10.7. The van der Waals surface area contributed by atoms with Gasteiger partial charge in [-0.25, -0.2) is 4.57 Å². The van der Waals surface area contributed by atoms with Crippen LogP contribution in [0.3, 0.4) is 0 Å². The number of nitrogens with one attached hydrogen (secondary N) is 1. The number of benzene rings is 1. The Labute approximate surface area is 107 Å². The molecule has 0 radical (unpaired) electrons. The van der Waals surface area contributed by atoms with Crippen LogP contribution in [0.15, 0.2) is 48.8 Å². The number of rotatable bonds is 3. The third-order valence-electron chi connectivity index (χ3n) is 2.82. The van der Waals surface area contributed by atoms with E-state index in [1.54, 1.807) is 0 Å². The lowest BCUT2D eigenvalue weighted by Crippen LogP contribution is -2.27. The van der Waals surface area contributed by atoms with E-state index in [0.717, 1.165) is 12.1 Å². The molecule has 0 aliphatic heterocycles. The average molecular weight is 241 g/mol. The molecule has 0 spiro atoms. The molecule has 1 amide bonds. The monoisotopic (exact) mass is 241 g/mol. The van der Waals surface area contributed by atoms with Crippen LogP contribution in [0, 0.1) is 0 Å². The Morgan fingerprint density at radius 3 is 2.56 bits per heavy atom. The topological polar surface area (TPSA) is 33.0 Å². The number of aromatic nitrogens is 1. The highest BCUT2D eigenvalue weighted by atomic mass is 16.1. The van der Waals surface area contributed by atoms with Gasteiger partial charge in [-0.3, -0.25) is 4.79 Å². The first-order chi connectivity index (χ1) is 8.69. The molecule has 0 saturated heterocycles. The lowest BCUT2D eigenvalue weighted by atomic mass is 10.1. The summed E-state index contributed by atoms with van der Waals surface area (Å²) in [4.78, 5) is 12.0. The summed E-state index contributed by atoms with van der Waals surface area (Å²) in [7, 11) is 1.92. The van der Waals surface area contributed by atoms with Crippen LogP contribution in [-0.4, -0.2) is 5.91 Å². The van der Waals surface area contributed by atoms with Crippen molar-refractivity contribution in [2.75, 3.05) is 5.32 Å². The number of amides is 1. The molecule has 0 saturated carbocycles. The molecule has 1 N–H and O–H groups in total. The maximum absolute atomic E-state index is 12.0. The number of hydrogen-bond donors (Lipinski definition) is 1. The van der Waals surface area contributed by atoms with Gasteiger partial charge in [0.1, 0.15) is 12.7 Å². The minimum Gasteiger partial charge on any atom is -0.317 e. The molecule has 0 fully saturated rings. The van der Waals surface area contributed by atoms with Crippen LogP contribution in [-0.2, 0) is 13.5 Å². The van der Waals surface area contributed by atoms with Gasteiger partial charge in [0.25, 0.3) is 5.91 Å². The number of carbonyl (C=O) groups excluding carboxylic acids is 1. The first kappa shape index (κ1) is 12.3. The molecule has 1 heterocycles. The molecule has 92 valence electrons. The summed E-state index contributed by atoms with van der Waals surface area (Å²) in [5, 5.41) is 2.88. The first-order valence-electron chi connectivity index (χ1n) is 6.04. The molecule has 0 unspecified atom stereocenters. The molecule has 1 aromatic carbocycles. The van der Waals surface area contributed by atoms with Gasteiger partial charge >= 0.3 is 0 Å². The van der Waals surface area contributed by atoms with Gasteiger partial charge in [-0.15, -0.1) is 0 Å². The summed E-state index contributed by atoms with van der Waals surface area (Å²) in [6, 6.07) is 11.5. The molecule has 0 atom stereocenters. The Morgan fingerprint density at radius 2 is 1.94 bits per heavy atom. The second-order valence-electron chi connectivity index (χ2n) is 4.26. The summed E-state index contributed by atoms with van der Waals surface area (Å²) in [6.45, 7) is 2.10. The van der Waals surface area contributed by atoms with E-state index >= 15 is 0 Å². The third-order valence-corrected chi connectivity index (χ3v) is 2.82. The molecule has 0 aliphatic carbocycles. The van der Waals surface area contributed by atoms with Gasteiger partial charge in [-0.1, -0.05) is 19.1 Å². The van der Waals surface area contributed by atoms with E-state index in [4.69, 9.17) is 0 Å². The van der Waals surface area contributed by atoms with Gasteiger partial charge < -0.3 is 5.32 Å². The second-order valence-corrected chi connectivity index (χ2v) is 4.26. The normalized spacial score (nSPS) is 10.1. The Hall–Kier alpha value is -2.16. The van der Waals surface area contributed by atoms with Gasteiger partial charge in [0.2, 0.25) is 0 Å². The maximum Gasteiger partial charge on any atom is 0.255 e. The SMILES string of the molecule is CCc1ccc(C(=O)Nc2ccc[n+](C)c2)cc1. The van der Waals surface area contributed by atoms with Gasteiger partial charge in [-0.05, 0) is 30.2 Å². The van der Waals surface area contributed by atoms with Crippen molar-refractivity contribution >= 4 is 11.6 Å². The van der Waals surface area contributed by atoms with Crippen LogP contribution in [0.5, 0.6) is 0 Å². The molecular weight excluding hydrogens is 224 g/mol. The van der Waals surface area contributed by atoms with Crippen molar-refractivity contribution in [1.29, 1.82) is 0 Å². The van der Waals surface area contributed by atoms with Crippen LogP contribution in [0.4, 0.5) is 5.69 Å². The van der Waals surface area contributed by atoms with E-state index in [-0.39, 0.29) is 5.91 Å². The third kappa shape index (κ3) is 2.94. The predicted molar refractivity (Wildman–Crippen MR) is 71.4 cm³/mol. The Morgan fingerprint density at radius 1 is 1.22 bits per heavy atom. The standard InChI is InChI=1S/C15H16N2O/c1-3-12-6-8-13(9-7-12)15(18)16-14-5-4-10-17(2)11-14/h4-11H,3H2,1-2H3/p+1. The minimum atomic E-state index is -0.0798. The smallest absolute Gasteiger partial charge is 0.255 e. The summed E-state index contributed by atoms with van der Waals surface area (Å²) >= 11 is 0. The van der Waals surface area contributed by atoms with Crippen LogP contribution in [0.1, 0.15) is 22.8 Å². The lowest BCUT2D eigenvalue weighted by Gasteiger charge is -2.04. The van der Waals surface area contributed by atoms with Crippen molar-refractivity contribution < 1.29 is 9.36 Å². The van der Waals surface area contributed by atoms with E-state index in [1.165, 1.54) is 5.56 Å². The summed E-state index contributed by atoms with van der Waals surface area (Å²) < 4.78 is 1.90. The van der Waals surface area contributed by atoms with E-state index in [2.05, 4.69) is 12.2 Å². The highest BCUT2D eigenvalue weighted by molar-refractivity contribution is 6.04. The zero-order chi connectivity index (χ0) is 13.0. The molecule has 1 aromatic heterocycles. The highest BCUT2D eigenvalue weighted by Crippen LogP contribution is 2.08. The Balaban J connectivity index is 2.11. The first-order valence-corrected chi connectivity index (χ1v) is 6.04. The lowest BCUT2D eigenvalue weighted by molar-refractivity contribution is -0.670. The molecule has 2 aromatic rings. The number of nitrogens with zero attached hydrogens (tertiary/aromatic N) is 1. The van der Waals surface area contributed by atoms with Crippen LogP contribution in [0.25, 0.3) is 0 Å². The Kier molecular flexibility index (Phi) is 3.72. The van der Waals surface area contributed by atoms with Crippen molar-refractivity contribution in [3.63, 3.8) is 0 Å². The average Bonchev–Trinajstić information content (AvgIpc) is 2.39. The fourth-order valence-corrected chi connectivity index (χ4v) is 1.76. The van der Waals surface area contributed by atoms with Gasteiger partial charge in [0.15, 0.2) is 12.4 Å². The zero-order valence-electron chi connectivity index (χ0n) is 10.7. The Bertz CT molecular complexity index is 547. The van der Waals surface area contributed by atoms with Crippen molar-refractivity contribution in [2.24, 2.45) is 7.05 Å². The van der Waals surface area contributed by atoms with Crippen LogP contribution >= 0.6 is 0 Å². The summed E-state index contributed by atoms with van der Waals surface area (Å²) in [6.07, 6.45) is 4.78. The predicted octanol–water partition coefficient (Wildman–Crippen LogP) is 2.33. The summed E-state index contributed by atoms with van der Waals surface area (Å²) in [5.74, 6) is -0.0798. The maximum atomic E-state index is 12.0. The largest absolute Gasteiger partial charge is 0.317 e. The van der Waals surface area contributed by atoms with E-state index in [1.807, 2.05) is 60.4 Å². The number of anilines is 1. The van der Waals surface area contributed by atoms with Crippen molar-refractivity contribution in [3.05, 3.63) is 59.9 Å². The number of hydrogen-bond acceptors (Lipinski definition) is 1. The minimum absolute atomic E-state index is 0.0798. The van der Waals surface area contributed by atoms with E-state index < -0.39 is 0 Å². The fourth-order valence-electron chi connectivity index (χ4n) is 1.76. The summed E-state index contributed by atoms with van der Waals surface area (Å²) in [5.41, 5.74) is 2.71. The van der Waals surface area contributed by atoms with Crippen LogP contribution in [0.2, 0.25) is 0 Å². The number of aryl methyl sites for hydroxylation is 2. The van der Waals surface area contributed by atoms with Crippen molar-refractivity contribution in [2.45, 2.75) is 13.3 Å². The molecule has 2 rings (SSSR count). The molecule has 3 nitrogen and oxygen atoms in total. The molecule has 0 aliphatic rings. The van der Waals surface area contributed by atoms with Crippen LogP contribution < -0.4 is 9.88 Å². The van der Waals surface area contributed by atoms with Gasteiger partial charge in [0, 0.05) is 11.6 Å². The van der Waals surface area contributed by atoms with E-state index in [0.29, 0.717) is 5.56 Å².